The number of para-hydroxylation sites is 1. The zero-order chi connectivity index (χ0) is 51.4. The quantitative estimate of drug-likeness (QED) is 0.0565. The molecule has 2 aliphatic heterocycles. The fraction of sp³-hybridized carbons (Fsp3) is 0.373. The fourth-order valence-electron chi connectivity index (χ4n) is 10.7. The van der Waals surface area contributed by atoms with Crippen molar-refractivity contribution in [2.75, 3.05) is 62.5 Å². The summed E-state index contributed by atoms with van der Waals surface area (Å²) in [7, 11) is 7.83. The molecule has 14 nitrogen and oxygen atoms in total. The summed E-state index contributed by atoms with van der Waals surface area (Å²) in [6.07, 6.45) is 6.98. The van der Waals surface area contributed by atoms with Crippen LogP contribution in [0.25, 0.3) is 10.9 Å². The summed E-state index contributed by atoms with van der Waals surface area (Å²) in [6.45, 7) is 5.65. The van der Waals surface area contributed by atoms with Gasteiger partial charge in [0.1, 0.15) is 23.7 Å². The first-order chi connectivity index (χ1) is 35.3. The van der Waals surface area contributed by atoms with E-state index in [0.717, 1.165) is 65.6 Å². The lowest BCUT2D eigenvalue weighted by molar-refractivity contribution is -0.126. The molecule has 380 valence electrons. The monoisotopic (exact) mass is 986 g/mol. The van der Waals surface area contributed by atoms with Gasteiger partial charge in [0.05, 0.1) is 5.56 Å². The molecule has 0 unspecified atom stereocenters. The molecule has 0 saturated heterocycles. The van der Waals surface area contributed by atoms with Crippen LogP contribution in [-0.4, -0.2) is 88.0 Å². The topological polar surface area (TPSA) is 155 Å². The number of nitrogens with zero attached hydrogens (tertiary/aromatic N) is 4. The second-order valence-electron chi connectivity index (χ2n) is 19.9. The number of hydrogen-bond acceptors (Lipinski definition) is 9. The van der Waals surface area contributed by atoms with Gasteiger partial charge < -0.3 is 44.7 Å². The Morgan fingerprint density at radius 2 is 1.34 bits per heavy atom. The van der Waals surface area contributed by atoms with Crippen LogP contribution in [0.1, 0.15) is 119 Å². The van der Waals surface area contributed by atoms with Crippen molar-refractivity contribution in [1.82, 2.24) is 20.5 Å². The highest BCUT2D eigenvalue weighted by atomic mass is 16.6. The van der Waals surface area contributed by atoms with Gasteiger partial charge in [0, 0.05) is 122 Å². The molecule has 9 rings (SSSR count). The maximum Gasteiger partial charge on any atom is 0.340 e. The molecule has 0 bridgehead atoms. The largest absolute Gasteiger partial charge is 0.456 e. The average Bonchev–Trinajstić information content (AvgIpc) is 3.91. The maximum absolute atomic E-state index is 13.9. The van der Waals surface area contributed by atoms with Crippen molar-refractivity contribution in [2.24, 2.45) is 5.92 Å². The van der Waals surface area contributed by atoms with Crippen LogP contribution in [0.15, 0.2) is 109 Å². The minimum absolute atomic E-state index is 0.0303. The number of unbranched alkanes of at least 4 members (excludes halogenated alkanes) is 3. The zero-order valence-corrected chi connectivity index (χ0v) is 42.9. The van der Waals surface area contributed by atoms with E-state index < -0.39 is 11.6 Å². The summed E-state index contributed by atoms with van der Waals surface area (Å²) < 4.78 is 14.7. The van der Waals surface area contributed by atoms with Gasteiger partial charge in [-0.05, 0) is 124 Å². The molecule has 1 aromatic heterocycles. The zero-order valence-electron chi connectivity index (χ0n) is 42.9. The van der Waals surface area contributed by atoms with Gasteiger partial charge in [0.25, 0.3) is 11.8 Å². The predicted molar refractivity (Wildman–Crippen MR) is 286 cm³/mol. The Morgan fingerprint density at radius 3 is 2.00 bits per heavy atom. The van der Waals surface area contributed by atoms with Gasteiger partial charge in [-0.25, -0.2) is 4.79 Å². The number of amides is 4. The van der Waals surface area contributed by atoms with Crippen LogP contribution in [0.3, 0.4) is 0 Å². The first-order valence-electron chi connectivity index (χ1n) is 25.8. The molecule has 0 radical (unpaired) electrons. The Bertz CT molecular complexity index is 3000. The Morgan fingerprint density at radius 1 is 0.671 bits per heavy atom. The molecule has 1 saturated carbocycles. The highest BCUT2D eigenvalue weighted by Gasteiger charge is 2.54. The molecular formula is C59H67N7O7. The number of anilines is 3. The van der Waals surface area contributed by atoms with E-state index >= 15 is 0 Å². The smallest absolute Gasteiger partial charge is 0.340 e. The Labute approximate surface area is 428 Å². The van der Waals surface area contributed by atoms with Crippen molar-refractivity contribution < 1.29 is 33.4 Å². The molecular weight excluding hydrogens is 919 g/mol. The number of aromatic nitrogens is 1. The van der Waals surface area contributed by atoms with Gasteiger partial charge >= 0.3 is 5.97 Å². The minimum atomic E-state index is -1.30. The van der Waals surface area contributed by atoms with E-state index in [1.54, 1.807) is 23.1 Å². The first kappa shape index (κ1) is 50.3. The van der Waals surface area contributed by atoms with Crippen molar-refractivity contribution in [1.29, 1.82) is 0 Å². The number of hydrogen-bond donors (Lipinski definition) is 3. The van der Waals surface area contributed by atoms with Gasteiger partial charge in [0.2, 0.25) is 11.8 Å². The van der Waals surface area contributed by atoms with E-state index in [9.17, 15) is 24.0 Å². The summed E-state index contributed by atoms with van der Waals surface area (Å²) in [6, 6.07) is 34.4. The lowest BCUT2D eigenvalue weighted by atomic mass is 9.77. The fourth-order valence-corrected chi connectivity index (χ4v) is 10.7. The van der Waals surface area contributed by atoms with E-state index in [-0.39, 0.29) is 42.1 Å². The molecule has 14 heteroatoms. The normalized spacial score (nSPS) is 16.1. The standard InChI is InChI=1S/C59H67N7O7/c1-7-38-16-15-18-45(32-38)65(8-2)54(67)37-66-50-19-12-11-17-40(50)34-51(66)57(70)62-42-23-20-39(21-24-42)55(68)60-30-13-9-10-14-31-61-56(69)41-22-27-46-49(33-41)59(73-58(46)71)47-28-25-43(63(3)4)35-52(47)72-53-36-44(64(5)6)26-29-48(53)59/h11-12,15-19,22,25-29,32-36,39,42H,7-10,13-14,20-21,23-24,30-31,37H2,1-6H3,(H,60,68)(H,61,69)(H,62,70). The summed E-state index contributed by atoms with van der Waals surface area (Å²) in [5, 5.41) is 10.3. The molecule has 1 spiro atoms. The number of carbonyl (C=O) groups is 5. The number of benzene rings is 5. The second kappa shape index (κ2) is 21.6. The van der Waals surface area contributed by atoms with Crippen LogP contribution in [0, 0.1) is 5.92 Å². The van der Waals surface area contributed by atoms with Crippen molar-refractivity contribution in [3.8, 4) is 11.5 Å². The predicted octanol–water partition coefficient (Wildman–Crippen LogP) is 9.35. The van der Waals surface area contributed by atoms with Crippen LogP contribution in [0.4, 0.5) is 17.1 Å². The maximum atomic E-state index is 13.9. The molecule has 1 aliphatic carbocycles. The summed E-state index contributed by atoms with van der Waals surface area (Å²) in [5.41, 5.74) is 6.66. The van der Waals surface area contributed by atoms with E-state index in [1.165, 1.54) is 0 Å². The molecule has 3 aliphatic rings. The third kappa shape index (κ3) is 10.2. The summed E-state index contributed by atoms with van der Waals surface area (Å²) in [4.78, 5) is 73.9. The molecule has 1 fully saturated rings. The van der Waals surface area contributed by atoms with Crippen LogP contribution in [0.5, 0.6) is 11.5 Å². The molecule has 0 atom stereocenters. The van der Waals surface area contributed by atoms with Gasteiger partial charge in [-0.2, -0.15) is 0 Å². The number of rotatable bonds is 18. The van der Waals surface area contributed by atoms with Crippen LogP contribution in [-0.2, 0) is 32.9 Å². The average molecular weight is 986 g/mol. The minimum Gasteiger partial charge on any atom is -0.456 e. The van der Waals surface area contributed by atoms with Gasteiger partial charge in [0.15, 0.2) is 5.60 Å². The number of aryl methyl sites for hydroxylation is 1. The third-order valence-electron chi connectivity index (χ3n) is 14.8. The molecule has 6 aromatic rings. The Balaban J connectivity index is 0.729. The number of carbonyl (C=O) groups excluding carboxylic acids is 5. The lowest BCUT2D eigenvalue weighted by Gasteiger charge is -2.37. The van der Waals surface area contributed by atoms with E-state index in [2.05, 4.69) is 28.9 Å². The van der Waals surface area contributed by atoms with Crippen LogP contribution >= 0.6 is 0 Å². The van der Waals surface area contributed by atoms with E-state index in [4.69, 9.17) is 9.47 Å². The molecule has 73 heavy (non-hydrogen) atoms. The number of nitrogens with one attached hydrogen (secondary N) is 3. The van der Waals surface area contributed by atoms with Crippen LogP contribution in [0.2, 0.25) is 0 Å². The molecule has 5 aromatic carbocycles. The lowest BCUT2D eigenvalue weighted by Crippen LogP contribution is -2.42. The molecule has 3 N–H and O–H groups in total. The third-order valence-corrected chi connectivity index (χ3v) is 14.8. The Kier molecular flexibility index (Phi) is 14.9. The molecule has 4 amide bonds. The molecule has 3 heterocycles. The van der Waals surface area contributed by atoms with Gasteiger partial charge in [-0.3, -0.25) is 19.2 Å². The van der Waals surface area contributed by atoms with Gasteiger partial charge in [-0.15, -0.1) is 0 Å². The highest BCUT2D eigenvalue weighted by molar-refractivity contribution is 6.02. The number of esters is 1. The SMILES string of the molecule is CCc1cccc(N(CC)C(=O)Cn2c(C(=O)NC3CCC(C(=O)NCCCCCCNC(=O)c4ccc5c(c4)C4(OC5=O)c5ccc(N(C)C)cc5Oc5cc(N(C)C)ccc54)CC3)cc3ccccc32)c1. The number of fused-ring (bicyclic) bond motifs is 7. The van der Waals surface area contributed by atoms with Crippen molar-refractivity contribution in [3.63, 3.8) is 0 Å². The number of ether oxygens (including phenoxy) is 2. The van der Waals surface area contributed by atoms with E-state index in [1.807, 2.05) is 134 Å². The number of likely N-dealkylation sites (N-methyl/N-ethyl adjacent to an activating group) is 1. The van der Waals surface area contributed by atoms with Crippen molar-refractivity contribution in [2.45, 2.75) is 89.8 Å². The summed E-state index contributed by atoms with van der Waals surface area (Å²) in [5.74, 6) is 0.0837. The van der Waals surface area contributed by atoms with Crippen molar-refractivity contribution >= 4 is 57.6 Å². The van der Waals surface area contributed by atoms with Crippen molar-refractivity contribution in [3.05, 3.63) is 148 Å². The van der Waals surface area contributed by atoms with Crippen LogP contribution < -0.4 is 35.4 Å². The second-order valence-corrected chi connectivity index (χ2v) is 19.9. The Hall–Kier alpha value is -7.61. The first-order valence-corrected chi connectivity index (χ1v) is 25.8. The van der Waals surface area contributed by atoms with E-state index in [0.29, 0.717) is 90.3 Å². The summed E-state index contributed by atoms with van der Waals surface area (Å²) >= 11 is 0. The highest BCUT2D eigenvalue weighted by Crippen LogP contribution is 2.57. The van der Waals surface area contributed by atoms with Gasteiger partial charge in [-0.1, -0.05) is 50.1 Å².